The molecule has 0 saturated carbocycles. The molecule has 104 valence electrons. The van der Waals surface area contributed by atoms with Gasteiger partial charge in [0.05, 0.1) is 7.11 Å². The number of benzene rings is 1. The van der Waals surface area contributed by atoms with Crippen LogP contribution < -0.4 is 4.74 Å². The Hall–Kier alpha value is -1.06. The van der Waals surface area contributed by atoms with Crippen molar-refractivity contribution in [1.29, 1.82) is 0 Å². The van der Waals surface area contributed by atoms with Gasteiger partial charge in [0.2, 0.25) is 0 Å². The average molecular weight is 254 g/mol. The van der Waals surface area contributed by atoms with E-state index in [0.29, 0.717) is 0 Å². The van der Waals surface area contributed by atoms with Gasteiger partial charge >= 0.3 is 0 Å². The molecule has 1 fully saturated rings. The lowest BCUT2D eigenvalue weighted by Gasteiger charge is -1.93. The van der Waals surface area contributed by atoms with Gasteiger partial charge in [-0.3, -0.25) is 0 Å². The zero-order valence-corrected chi connectivity index (χ0v) is 11.9. The SMILES string of the molecule is C1CCOC1.CCOCC.COc1ccccc1. The normalized spacial score (nSPS) is 12.8. The van der Waals surface area contributed by atoms with E-state index in [1.165, 1.54) is 12.8 Å². The number of rotatable bonds is 3. The van der Waals surface area contributed by atoms with Gasteiger partial charge in [-0.15, -0.1) is 0 Å². The smallest absolute Gasteiger partial charge is 0.118 e. The van der Waals surface area contributed by atoms with Crippen LogP contribution in [0.1, 0.15) is 26.7 Å². The van der Waals surface area contributed by atoms with Gasteiger partial charge in [0.25, 0.3) is 0 Å². The molecule has 1 aliphatic heterocycles. The second-order valence-electron chi connectivity index (χ2n) is 3.62. The maximum absolute atomic E-state index is 4.94. The van der Waals surface area contributed by atoms with Crippen molar-refractivity contribution in [2.24, 2.45) is 0 Å². The van der Waals surface area contributed by atoms with Gasteiger partial charge in [0, 0.05) is 26.4 Å². The van der Waals surface area contributed by atoms with Crippen LogP contribution in [0.5, 0.6) is 5.75 Å². The third-order valence-corrected chi connectivity index (χ3v) is 2.21. The lowest BCUT2D eigenvalue weighted by atomic mass is 10.3. The number of hydrogen-bond donors (Lipinski definition) is 0. The molecule has 1 aromatic rings. The monoisotopic (exact) mass is 254 g/mol. The van der Waals surface area contributed by atoms with Crippen molar-refractivity contribution in [3.05, 3.63) is 30.3 Å². The largest absolute Gasteiger partial charge is 0.497 e. The van der Waals surface area contributed by atoms with Crippen molar-refractivity contribution < 1.29 is 14.2 Å². The summed E-state index contributed by atoms with van der Waals surface area (Å²) < 4.78 is 14.7. The van der Waals surface area contributed by atoms with Crippen LogP contribution in [-0.2, 0) is 9.47 Å². The van der Waals surface area contributed by atoms with Crippen LogP contribution in [0.3, 0.4) is 0 Å². The van der Waals surface area contributed by atoms with Crippen LogP contribution in [0, 0.1) is 0 Å². The molecular formula is C15H26O3. The maximum Gasteiger partial charge on any atom is 0.118 e. The second kappa shape index (κ2) is 14.0. The minimum Gasteiger partial charge on any atom is -0.497 e. The second-order valence-corrected chi connectivity index (χ2v) is 3.62. The Morgan fingerprint density at radius 3 is 1.78 bits per heavy atom. The third-order valence-electron chi connectivity index (χ3n) is 2.21. The number of para-hydroxylation sites is 1. The molecule has 1 aromatic carbocycles. The van der Waals surface area contributed by atoms with E-state index in [1.807, 2.05) is 44.2 Å². The van der Waals surface area contributed by atoms with E-state index in [-0.39, 0.29) is 0 Å². The highest BCUT2D eigenvalue weighted by Crippen LogP contribution is 2.05. The van der Waals surface area contributed by atoms with Gasteiger partial charge in [-0.2, -0.15) is 0 Å². The summed E-state index contributed by atoms with van der Waals surface area (Å²) in [4.78, 5) is 0. The molecule has 1 aliphatic rings. The first-order chi connectivity index (χ1) is 8.85. The van der Waals surface area contributed by atoms with Crippen LogP contribution in [-0.4, -0.2) is 33.5 Å². The van der Waals surface area contributed by atoms with Gasteiger partial charge in [-0.25, -0.2) is 0 Å². The van der Waals surface area contributed by atoms with Crippen LogP contribution in [0.25, 0.3) is 0 Å². The van der Waals surface area contributed by atoms with E-state index in [9.17, 15) is 0 Å². The van der Waals surface area contributed by atoms with Gasteiger partial charge < -0.3 is 14.2 Å². The lowest BCUT2D eigenvalue weighted by Crippen LogP contribution is -1.84. The van der Waals surface area contributed by atoms with E-state index in [4.69, 9.17) is 14.2 Å². The van der Waals surface area contributed by atoms with Gasteiger partial charge in [-0.05, 0) is 38.8 Å². The average Bonchev–Trinajstić information content (AvgIpc) is 3.00. The van der Waals surface area contributed by atoms with Crippen LogP contribution in [0.15, 0.2) is 30.3 Å². The molecule has 0 amide bonds. The molecule has 18 heavy (non-hydrogen) atoms. The molecular weight excluding hydrogens is 228 g/mol. The third kappa shape index (κ3) is 11.4. The van der Waals surface area contributed by atoms with Crippen LogP contribution >= 0.6 is 0 Å². The van der Waals surface area contributed by atoms with Gasteiger partial charge in [0.1, 0.15) is 5.75 Å². The maximum atomic E-state index is 4.94. The molecule has 2 rings (SSSR count). The predicted octanol–water partition coefficient (Wildman–Crippen LogP) is 3.53. The summed E-state index contributed by atoms with van der Waals surface area (Å²) >= 11 is 0. The summed E-state index contributed by atoms with van der Waals surface area (Å²) in [6.07, 6.45) is 2.56. The standard InChI is InChI=1S/C7H8O.C4H8O.C4H10O/c1-8-7-5-3-2-4-6-7;1-2-4-5-3-1;1-3-5-4-2/h2-6H,1H3;1-4H2;3-4H2,1-2H3. The minimum atomic E-state index is 0.844. The Morgan fingerprint density at radius 2 is 1.56 bits per heavy atom. The fraction of sp³-hybridized carbons (Fsp3) is 0.600. The fourth-order valence-electron chi connectivity index (χ4n) is 1.27. The van der Waals surface area contributed by atoms with Crippen molar-refractivity contribution in [2.45, 2.75) is 26.7 Å². The molecule has 0 N–H and O–H groups in total. The highest BCUT2D eigenvalue weighted by atomic mass is 16.5. The molecule has 0 unspecified atom stereocenters. The molecule has 0 aromatic heterocycles. The molecule has 0 aliphatic carbocycles. The Morgan fingerprint density at radius 1 is 1.00 bits per heavy atom. The van der Waals surface area contributed by atoms with E-state index < -0.39 is 0 Å². The number of ether oxygens (including phenoxy) is 3. The van der Waals surface area contributed by atoms with E-state index in [0.717, 1.165) is 32.2 Å². The highest BCUT2D eigenvalue weighted by Gasteiger charge is 1.94. The first-order valence-electron chi connectivity index (χ1n) is 6.59. The molecule has 0 bridgehead atoms. The lowest BCUT2D eigenvalue weighted by molar-refractivity contribution is 0.162. The van der Waals surface area contributed by atoms with Crippen molar-refractivity contribution in [1.82, 2.24) is 0 Å². The van der Waals surface area contributed by atoms with Crippen molar-refractivity contribution in [2.75, 3.05) is 33.5 Å². The molecule has 0 atom stereocenters. The van der Waals surface area contributed by atoms with Gasteiger partial charge in [0.15, 0.2) is 0 Å². The topological polar surface area (TPSA) is 27.7 Å². The first-order valence-corrected chi connectivity index (χ1v) is 6.59. The number of hydrogen-bond acceptors (Lipinski definition) is 3. The van der Waals surface area contributed by atoms with Crippen LogP contribution in [0.2, 0.25) is 0 Å². The molecule has 1 heterocycles. The molecule has 0 spiro atoms. The highest BCUT2D eigenvalue weighted by molar-refractivity contribution is 5.20. The summed E-state index contributed by atoms with van der Waals surface area (Å²) in [7, 11) is 1.66. The minimum absolute atomic E-state index is 0.844. The van der Waals surface area contributed by atoms with E-state index >= 15 is 0 Å². The summed E-state index contributed by atoms with van der Waals surface area (Å²) in [5, 5.41) is 0. The first kappa shape index (κ1) is 16.9. The van der Waals surface area contributed by atoms with Crippen molar-refractivity contribution >= 4 is 0 Å². The molecule has 3 heteroatoms. The molecule has 3 nitrogen and oxygen atoms in total. The summed E-state index contributed by atoms with van der Waals surface area (Å²) in [6, 6.07) is 9.68. The molecule has 1 saturated heterocycles. The predicted molar refractivity (Wildman–Crippen MR) is 75.2 cm³/mol. The fourth-order valence-corrected chi connectivity index (χ4v) is 1.27. The van der Waals surface area contributed by atoms with Crippen molar-refractivity contribution in [3.63, 3.8) is 0 Å². The molecule has 0 radical (unpaired) electrons. The van der Waals surface area contributed by atoms with Crippen molar-refractivity contribution in [3.8, 4) is 5.75 Å². The van der Waals surface area contributed by atoms with Gasteiger partial charge in [-0.1, -0.05) is 18.2 Å². The van der Waals surface area contributed by atoms with E-state index in [1.54, 1.807) is 7.11 Å². The zero-order valence-electron chi connectivity index (χ0n) is 11.9. The number of methoxy groups -OCH3 is 1. The Balaban J connectivity index is 0.000000254. The Kier molecular flexibility index (Phi) is 13.2. The quantitative estimate of drug-likeness (QED) is 0.825. The Labute approximate surface area is 111 Å². The van der Waals surface area contributed by atoms with Crippen LogP contribution in [0.4, 0.5) is 0 Å². The van der Waals surface area contributed by atoms with E-state index in [2.05, 4.69) is 0 Å². The Bertz CT molecular complexity index is 236. The summed E-state index contributed by atoms with van der Waals surface area (Å²) in [5.41, 5.74) is 0. The summed E-state index contributed by atoms with van der Waals surface area (Å²) in [6.45, 7) is 7.67. The summed E-state index contributed by atoms with van der Waals surface area (Å²) in [5.74, 6) is 0.910. The zero-order chi connectivity index (χ0) is 13.5.